The first-order valence-electron chi connectivity index (χ1n) is 4.12. The molecular weight excluding hydrogens is 183 g/mol. The third-order valence-corrected chi connectivity index (χ3v) is 1.70. The van der Waals surface area contributed by atoms with Crippen molar-refractivity contribution in [3.05, 3.63) is 29.8 Å². The van der Waals surface area contributed by atoms with E-state index < -0.39 is 13.3 Å². The van der Waals surface area contributed by atoms with Crippen LogP contribution in [0.5, 0.6) is 0 Å². The number of rotatable bonds is 2. The summed E-state index contributed by atoms with van der Waals surface area (Å²) in [6.07, 6.45) is -0.904. The Balaban J connectivity index is 2.69. The fraction of sp³-hybridized carbons (Fsp3) is 0.222. The van der Waals surface area contributed by atoms with Gasteiger partial charge in [-0.2, -0.15) is 0 Å². The molecule has 0 saturated heterocycles. The number of hydrogen-bond donors (Lipinski definition) is 1. The molecule has 74 valence electrons. The molecule has 0 aliphatic carbocycles. The Hall–Kier alpha value is -1.49. The smallest absolute Gasteiger partial charge is 0.473 e. The number of carbonyl (C=O) groups is 1. The van der Waals surface area contributed by atoms with E-state index in [0.717, 1.165) is 5.56 Å². The van der Waals surface area contributed by atoms with Crippen molar-refractivity contribution in [2.75, 3.05) is 7.11 Å². The summed E-state index contributed by atoms with van der Waals surface area (Å²) in [5.74, 6) is 0. The molecule has 1 aromatic carbocycles. The van der Waals surface area contributed by atoms with Gasteiger partial charge in [-0.25, -0.2) is 4.79 Å². The van der Waals surface area contributed by atoms with Crippen LogP contribution in [-0.4, -0.2) is 25.4 Å². The van der Waals surface area contributed by atoms with E-state index in [-0.39, 0.29) is 0 Å². The van der Waals surface area contributed by atoms with Gasteiger partial charge in [-0.1, -0.05) is 29.8 Å². The average molecular weight is 194 g/mol. The van der Waals surface area contributed by atoms with Crippen LogP contribution >= 0.6 is 0 Å². The molecule has 0 radical (unpaired) electrons. The highest BCUT2D eigenvalue weighted by atomic mass is 16.7. The lowest BCUT2D eigenvalue weighted by molar-refractivity contribution is 0.115. The first-order chi connectivity index (χ1) is 6.63. The summed E-state index contributed by atoms with van der Waals surface area (Å²) in [5, 5.41) is 9.42. The Bertz CT molecular complexity index is 326. The minimum absolute atomic E-state index is 0.524. The number of methoxy groups -OCH3 is 1. The molecule has 0 aliphatic rings. The Morgan fingerprint density at radius 1 is 1.50 bits per heavy atom. The summed E-state index contributed by atoms with van der Waals surface area (Å²) in [5.41, 5.74) is 1.51. The zero-order valence-electron chi connectivity index (χ0n) is 8.06. The van der Waals surface area contributed by atoms with Crippen LogP contribution in [0.3, 0.4) is 0 Å². The van der Waals surface area contributed by atoms with Crippen LogP contribution in [0.1, 0.15) is 5.56 Å². The summed E-state index contributed by atoms with van der Waals surface area (Å²) in [6.45, 7) is 1.88. The zero-order valence-corrected chi connectivity index (χ0v) is 8.06. The molecule has 4 nitrogen and oxygen atoms in total. The van der Waals surface area contributed by atoms with Gasteiger partial charge < -0.3 is 14.4 Å². The number of benzene rings is 1. The predicted octanol–water partition coefficient (Wildman–Crippen LogP) is 0.466. The van der Waals surface area contributed by atoms with Crippen LogP contribution in [0.4, 0.5) is 4.79 Å². The number of hydrogen-bond acceptors (Lipinski definition) is 4. The molecule has 0 aliphatic heterocycles. The third kappa shape index (κ3) is 2.78. The van der Waals surface area contributed by atoms with Crippen LogP contribution in [-0.2, 0) is 9.39 Å². The molecule has 0 bridgehead atoms. The second-order valence-corrected chi connectivity index (χ2v) is 2.84. The minimum Gasteiger partial charge on any atom is -0.473 e. The lowest BCUT2D eigenvalue weighted by atomic mass is 9.79. The quantitative estimate of drug-likeness (QED) is 0.549. The molecule has 0 atom stereocenters. The first-order valence-corrected chi connectivity index (χ1v) is 4.12. The Kier molecular flexibility index (Phi) is 3.53. The van der Waals surface area contributed by atoms with Crippen molar-refractivity contribution in [2.45, 2.75) is 6.92 Å². The van der Waals surface area contributed by atoms with Gasteiger partial charge in [-0.15, -0.1) is 0 Å². The van der Waals surface area contributed by atoms with E-state index in [4.69, 9.17) is 0 Å². The molecule has 0 heterocycles. The molecule has 1 aromatic rings. The van der Waals surface area contributed by atoms with Crippen molar-refractivity contribution in [3.63, 3.8) is 0 Å². The number of ether oxygens (including phenoxy) is 1. The summed E-state index contributed by atoms with van der Waals surface area (Å²) in [6, 6.07) is 7.05. The molecule has 14 heavy (non-hydrogen) atoms. The molecule has 0 saturated carbocycles. The Morgan fingerprint density at radius 3 is 2.79 bits per heavy atom. The van der Waals surface area contributed by atoms with E-state index in [2.05, 4.69) is 9.39 Å². The van der Waals surface area contributed by atoms with Gasteiger partial charge in [0.15, 0.2) is 0 Å². The van der Waals surface area contributed by atoms with Gasteiger partial charge in [0, 0.05) is 0 Å². The van der Waals surface area contributed by atoms with Gasteiger partial charge in [0.2, 0.25) is 0 Å². The second-order valence-electron chi connectivity index (χ2n) is 2.84. The highest BCUT2D eigenvalue weighted by Crippen LogP contribution is 1.95. The van der Waals surface area contributed by atoms with Gasteiger partial charge in [-0.3, -0.25) is 0 Å². The SMILES string of the molecule is COC(=O)OB(O)c1cccc(C)c1. The zero-order chi connectivity index (χ0) is 10.6. The van der Waals surface area contributed by atoms with Crippen molar-refractivity contribution < 1.29 is 19.2 Å². The van der Waals surface area contributed by atoms with E-state index in [1.165, 1.54) is 7.11 Å². The molecule has 0 unspecified atom stereocenters. The molecule has 0 fully saturated rings. The van der Waals surface area contributed by atoms with Crippen LogP contribution in [0.15, 0.2) is 24.3 Å². The van der Waals surface area contributed by atoms with Crippen LogP contribution < -0.4 is 5.46 Å². The van der Waals surface area contributed by atoms with Crippen molar-refractivity contribution in [1.29, 1.82) is 0 Å². The third-order valence-electron chi connectivity index (χ3n) is 1.70. The van der Waals surface area contributed by atoms with Crippen LogP contribution in [0, 0.1) is 6.92 Å². The van der Waals surface area contributed by atoms with E-state index in [0.29, 0.717) is 5.46 Å². The summed E-state index contributed by atoms with van der Waals surface area (Å²) in [4.78, 5) is 10.7. The van der Waals surface area contributed by atoms with Crippen molar-refractivity contribution in [2.24, 2.45) is 0 Å². The van der Waals surface area contributed by atoms with Crippen molar-refractivity contribution >= 4 is 18.7 Å². The van der Waals surface area contributed by atoms with E-state index in [1.807, 2.05) is 13.0 Å². The van der Waals surface area contributed by atoms with Crippen LogP contribution in [0.25, 0.3) is 0 Å². The van der Waals surface area contributed by atoms with Crippen LogP contribution in [0.2, 0.25) is 0 Å². The topological polar surface area (TPSA) is 55.8 Å². The van der Waals surface area contributed by atoms with E-state index >= 15 is 0 Å². The number of carbonyl (C=O) groups excluding carboxylic acids is 1. The lowest BCUT2D eigenvalue weighted by Crippen LogP contribution is -2.35. The monoisotopic (exact) mass is 194 g/mol. The average Bonchev–Trinajstić information content (AvgIpc) is 2.17. The standard InChI is InChI=1S/C9H11BO4/c1-7-4-3-5-8(6-7)10(12)14-9(11)13-2/h3-6,12H,1-2H3. The predicted molar refractivity (Wildman–Crippen MR) is 52.3 cm³/mol. The Morgan fingerprint density at radius 2 is 2.21 bits per heavy atom. The first kappa shape index (κ1) is 10.6. The molecule has 0 amide bonds. The molecule has 5 heteroatoms. The maximum absolute atomic E-state index is 10.7. The lowest BCUT2D eigenvalue weighted by Gasteiger charge is -2.07. The molecule has 1 rings (SSSR count). The van der Waals surface area contributed by atoms with Gasteiger partial charge in [0.25, 0.3) is 0 Å². The molecule has 0 spiro atoms. The maximum Gasteiger partial charge on any atom is 0.564 e. The second kappa shape index (κ2) is 4.67. The van der Waals surface area contributed by atoms with Crippen molar-refractivity contribution in [3.8, 4) is 0 Å². The molecule has 1 N–H and O–H groups in total. The largest absolute Gasteiger partial charge is 0.564 e. The summed E-state index contributed by atoms with van der Waals surface area (Å²) < 4.78 is 8.79. The van der Waals surface area contributed by atoms with Gasteiger partial charge in [0.05, 0.1) is 7.11 Å². The normalized spacial score (nSPS) is 9.36. The maximum atomic E-state index is 10.7. The Labute approximate surface area is 82.6 Å². The fourth-order valence-corrected chi connectivity index (χ4v) is 1.03. The molecular formula is C9H11BO4. The summed E-state index contributed by atoms with van der Waals surface area (Å²) >= 11 is 0. The van der Waals surface area contributed by atoms with Gasteiger partial charge in [0.1, 0.15) is 0 Å². The van der Waals surface area contributed by atoms with E-state index in [9.17, 15) is 9.82 Å². The minimum atomic E-state index is -1.28. The highest BCUT2D eigenvalue weighted by molar-refractivity contribution is 6.61. The fourth-order valence-electron chi connectivity index (χ4n) is 1.03. The van der Waals surface area contributed by atoms with E-state index in [1.54, 1.807) is 18.2 Å². The number of aryl methyl sites for hydroxylation is 1. The highest BCUT2D eigenvalue weighted by Gasteiger charge is 2.21. The van der Waals surface area contributed by atoms with Gasteiger partial charge in [-0.05, 0) is 12.4 Å². The molecule has 0 aromatic heterocycles. The van der Waals surface area contributed by atoms with Gasteiger partial charge >= 0.3 is 13.3 Å². The summed E-state index contributed by atoms with van der Waals surface area (Å²) in [7, 11) is -0.0898. The van der Waals surface area contributed by atoms with Crippen molar-refractivity contribution in [1.82, 2.24) is 0 Å².